The van der Waals surface area contributed by atoms with Crippen molar-refractivity contribution in [1.82, 2.24) is 14.8 Å². The van der Waals surface area contributed by atoms with Crippen LogP contribution >= 0.6 is 0 Å². The van der Waals surface area contributed by atoms with Crippen molar-refractivity contribution in [2.45, 2.75) is 33.7 Å². The summed E-state index contributed by atoms with van der Waals surface area (Å²) < 4.78 is 1.98. The lowest BCUT2D eigenvalue weighted by molar-refractivity contribution is 0.492. The Balaban J connectivity index is 2.35. The zero-order chi connectivity index (χ0) is 12.3. The molecule has 92 valence electrons. The summed E-state index contributed by atoms with van der Waals surface area (Å²) in [5, 5.41) is 8.94. The van der Waals surface area contributed by atoms with Gasteiger partial charge in [-0.2, -0.15) is 5.10 Å². The summed E-state index contributed by atoms with van der Waals surface area (Å²) in [6.07, 6.45) is 4.87. The molecule has 2 heterocycles. The molecule has 0 aliphatic carbocycles. The van der Waals surface area contributed by atoms with E-state index in [9.17, 15) is 0 Å². The van der Waals surface area contributed by atoms with Crippen LogP contribution in [0.3, 0.4) is 0 Å². The summed E-state index contributed by atoms with van der Waals surface area (Å²) in [7, 11) is 0. The first-order chi connectivity index (χ1) is 8.22. The van der Waals surface area contributed by atoms with Crippen LogP contribution in [0.15, 0.2) is 18.5 Å². The zero-order valence-electron chi connectivity index (χ0n) is 10.8. The minimum atomic E-state index is 0.576. The van der Waals surface area contributed by atoms with Crippen molar-refractivity contribution in [3.63, 3.8) is 0 Å². The molecular weight excluding hydrogens is 212 g/mol. The molecule has 1 N–H and O–H groups in total. The maximum Gasteiger partial charge on any atom is 0.159 e. The van der Waals surface area contributed by atoms with E-state index in [2.05, 4.69) is 36.2 Å². The minimum Gasteiger partial charge on any atom is -0.384 e. The first kappa shape index (κ1) is 11.9. The van der Waals surface area contributed by atoms with E-state index >= 15 is 0 Å². The number of hydrogen-bond acceptors (Lipinski definition) is 3. The molecule has 2 aromatic heterocycles. The fourth-order valence-electron chi connectivity index (χ4n) is 1.87. The van der Waals surface area contributed by atoms with E-state index in [1.165, 1.54) is 0 Å². The first-order valence-corrected chi connectivity index (χ1v) is 6.26. The highest BCUT2D eigenvalue weighted by Gasteiger charge is 2.08. The molecule has 0 saturated carbocycles. The van der Waals surface area contributed by atoms with Crippen LogP contribution in [0.2, 0.25) is 0 Å². The summed E-state index contributed by atoms with van der Waals surface area (Å²) >= 11 is 0. The maximum absolute atomic E-state index is 4.42. The molecule has 0 aliphatic rings. The van der Waals surface area contributed by atoms with Gasteiger partial charge in [0.2, 0.25) is 0 Å². The topological polar surface area (TPSA) is 42.7 Å². The van der Waals surface area contributed by atoms with E-state index < -0.39 is 0 Å². The van der Waals surface area contributed by atoms with Crippen LogP contribution in [0.1, 0.15) is 27.2 Å². The van der Waals surface area contributed by atoms with Gasteiger partial charge in [0.25, 0.3) is 0 Å². The molecule has 0 unspecified atom stereocenters. The number of rotatable bonds is 5. The molecule has 0 spiro atoms. The molecule has 2 aromatic rings. The molecule has 0 amide bonds. The number of hydrogen-bond donors (Lipinski definition) is 1. The Kier molecular flexibility index (Phi) is 3.61. The Bertz CT molecular complexity index is 487. The van der Waals surface area contributed by atoms with Crippen molar-refractivity contribution in [3.05, 3.63) is 18.5 Å². The van der Waals surface area contributed by atoms with Crippen molar-refractivity contribution >= 4 is 16.7 Å². The van der Waals surface area contributed by atoms with Crippen LogP contribution in [0.4, 0.5) is 5.69 Å². The lowest BCUT2D eigenvalue weighted by atomic mass is 10.2. The molecule has 17 heavy (non-hydrogen) atoms. The number of pyridine rings is 1. The third kappa shape index (κ3) is 2.57. The van der Waals surface area contributed by atoms with Gasteiger partial charge in [0, 0.05) is 25.0 Å². The van der Waals surface area contributed by atoms with Gasteiger partial charge in [0.15, 0.2) is 5.65 Å². The highest BCUT2D eigenvalue weighted by Crippen LogP contribution is 2.21. The van der Waals surface area contributed by atoms with Gasteiger partial charge < -0.3 is 5.32 Å². The van der Waals surface area contributed by atoms with Crippen molar-refractivity contribution in [2.24, 2.45) is 5.92 Å². The Morgan fingerprint density at radius 2 is 2.24 bits per heavy atom. The summed E-state index contributed by atoms with van der Waals surface area (Å²) in [6.45, 7) is 8.43. The first-order valence-electron chi connectivity index (χ1n) is 6.26. The monoisotopic (exact) mass is 232 g/mol. The number of nitrogens with one attached hydrogen (secondary N) is 1. The average Bonchev–Trinajstić information content (AvgIpc) is 2.70. The summed E-state index contributed by atoms with van der Waals surface area (Å²) in [4.78, 5) is 4.42. The van der Waals surface area contributed by atoms with E-state index in [4.69, 9.17) is 0 Å². The molecule has 0 saturated heterocycles. The van der Waals surface area contributed by atoms with Crippen LogP contribution in [0, 0.1) is 5.92 Å². The largest absolute Gasteiger partial charge is 0.384 e. The smallest absolute Gasteiger partial charge is 0.159 e. The Morgan fingerprint density at radius 3 is 2.94 bits per heavy atom. The number of fused-ring (bicyclic) bond motifs is 1. The second-order valence-electron chi connectivity index (χ2n) is 4.74. The SMILES string of the molecule is CCCNc1ccnc2c1cnn2CC(C)C. The number of nitrogens with zero attached hydrogens (tertiary/aromatic N) is 3. The Labute approximate surface area is 102 Å². The number of aromatic nitrogens is 3. The van der Waals surface area contributed by atoms with Gasteiger partial charge >= 0.3 is 0 Å². The van der Waals surface area contributed by atoms with E-state index in [1.54, 1.807) is 0 Å². The van der Waals surface area contributed by atoms with Crippen molar-refractivity contribution in [2.75, 3.05) is 11.9 Å². The summed E-state index contributed by atoms with van der Waals surface area (Å²) in [5.41, 5.74) is 2.10. The molecule has 0 bridgehead atoms. The van der Waals surface area contributed by atoms with Crippen LogP contribution in [0.5, 0.6) is 0 Å². The second-order valence-corrected chi connectivity index (χ2v) is 4.74. The molecule has 0 fully saturated rings. The van der Waals surface area contributed by atoms with Crippen LogP contribution in [-0.4, -0.2) is 21.3 Å². The summed E-state index contributed by atoms with van der Waals surface area (Å²) in [6, 6.07) is 2.01. The summed E-state index contributed by atoms with van der Waals surface area (Å²) in [5.74, 6) is 0.576. The molecule has 4 nitrogen and oxygen atoms in total. The third-order valence-corrected chi connectivity index (χ3v) is 2.64. The van der Waals surface area contributed by atoms with Gasteiger partial charge in [-0.3, -0.25) is 0 Å². The van der Waals surface area contributed by atoms with E-state index in [1.807, 2.05) is 23.1 Å². The van der Waals surface area contributed by atoms with Crippen molar-refractivity contribution < 1.29 is 0 Å². The molecule has 4 heteroatoms. The van der Waals surface area contributed by atoms with Gasteiger partial charge in [0.05, 0.1) is 11.6 Å². The normalized spacial score (nSPS) is 11.3. The molecule has 0 aliphatic heterocycles. The van der Waals surface area contributed by atoms with E-state index in [-0.39, 0.29) is 0 Å². The lowest BCUT2D eigenvalue weighted by Crippen LogP contribution is -2.06. The van der Waals surface area contributed by atoms with E-state index in [0.29, 0.717) is 5.92 Å². The van der Waals surface area contributed by atoms with Gasteiger partial charge in [-0.05, 0) is 18.4 Å². The number of anilines is 1. The average molecular weight is 232 g/mol. The van der Waals surface area contributed by atoms with Crippen molar-refractivity contribution in [3.8, 4) is 0 Å². The second kappa shape index (κ2) is 5.17. The Morgan fingerprint density at radius 1 is 1.41 bits per heavy atom. The predicted octanol–water partition coefficient (Wildman–Crippen LogP) is 2.91. The predicted molar refractivity (Wildman–Crippen MR) is 71.1 cm³/mol. The quantitative estimate of drug-likeness (QED) is 0.862. The van der Waals surface area contributed by atoms with Crippen LogP contribution in [0.25, 0.3) is 11.0 Å². The fourth-order valence-corrected chi connectivity index (χ4v) is 1.87. The highest BCUT2D eigenvalue weighted by molar-refractivity contribution is 5.88. The Hall–Kier alpha value is -1.58. The standard InChI is InChI=1S/C13H20N4/c1-4-6-14-12-5-7-15-13-11(12)8-16-17(13)9-10(2)3/h5,7-8,10H,4,6,9H2,1-3H3,(H,14,15). The minimum absolute atomic E-state index is 0.576. The molecule has 0 aromatic carbocycles. The van der Waals surface area contributed by atoms with Crippen LogP contribution < -0.4 is 5.32 Å². The van der Waals surface area contributed by atoms with Crippen LogP contribution in [-0.2, 0) is 6.54 Å². The van der Waals surface area contributed by atoms with Gasteiger partial charge in [-0.1, -0.05) is 20.8 Å². The highest BCUT2D eigenvalue weighted by atomic mass is 15.3. The zero-order valence-corrected chi connectivity index (χ0v) is 10.8. The van der Waals surface area contributed by atoms with Gasteiger partial charge in [0.1, 0.15) is 0 Å². The molecular formula is C13H20N4. The van der Waals surface area contributed by atoms with Crippen molar-refractivity contribution in [1.29, 1.82) is 0 Å². The molecule has 0 radical (unpaired) electrons. The third-order valence-electron chi connectivity index (χ3n) is 2.64. The van der Waals surface area contributed by atoms with E-state index in [0.717, 1.165) is 36.2 Å². The molecule has 0 atom stereocenters. The molecule has 2 rings (SSSR count). The van der Waals surface area contributed by atoms with Gasteiger partial charge in [-0.15, -0.1) is 0 Å². The lowest BCUT2D eigenvalue weighted by Gasteiger charge is -2.07. The van der Waals surface area contributed by atoms with Gasteiger partial charge in [-0.25, -0.2) is 9.67 Å². The fraction of sp³-hybridized carbons (Fsp3) is 0.538. The maximum atomic E-state index is 4.42.